The van der Waals surface area contributed by atoms with E-state index >= 15 is 0 Å². The number of aliphatic imine (C=N–C) groups is 1. The van der Waals surface area contributed by atoms with Crippen LogP contribution in [0.3, 0.4) is 0 Å². The minimum absolute atomic E-state index is 0.00267. The number of pyridine rings is 1. The number of nitrogens with zero attached hydrogens (tertiary/aromatic N) is 4. The van der Waals surface area contributed by atoms with Gasteiger partial charge in [0.1, 0.15) is 35.1 Å². The summed E-state index contributed by atoms with van der Waals surface area (Å²) in [6, 6.07) is 8.71. The lowest BCUT2D eigenvalue weighted by Crippen LogP contribution is -2.32. The van der Waals surface area contributed by atoms with Crippen LogP contribution in [0, 0.1) is 22.8 Å². The molecule has 0 spiro atoms. The van der Waals surface area contributed by atoms with Crippen LogP contribution >= 0.6 is 0 Å². The van der Waals surface area contributed by atoms with Gasteiger partial charge >= 0.3 is 0 Å². The quantitative estimate of drug-likeness (QED) is 0.399. The SMILES string of the molecule is N#CNC1=NC(c2ccc(OCCC3OCCCO3)cc2)c2c(nc(N)c(C#N)c2N)N1. The first-order chi connectivity index (χ1) is 15.6. The largest absolute Gasteiger partial charge is 0.493 e. The average molecular weight is 434 g/mol. The third kappa shape index (κ3) is 4.34. The maximum absolute atomic E-state index is 9.41. The molecule has 2 aliphatic rings. The Hall–Kier alpha value is -4.06. The number of hydrogen-bond donors (Lipinski definition) is 4. The van der Waals surface area contributed by atoms with E-state index in [4.69, 9.17) is 30.9 Å². The predicted octanol–water partition coefficient (Wildman–Crippen LogP) is 1.59. The number of nitrogens with two attached hydrogens (primary N) is 2. The number of ether oxygens (including phenoxy) is 3. The first kappa shape index (κ1) is 21.2. The first-order valence-corrected chi connectivity index (χ1v) is 10.1. The van der Waals surface area contributed by atoms with Crippen LogP contribution < -0.4 is 26.8 Å². The van der Waals surface area contributed by atoms with Crippen molar-refractivity contribution in [2.75, 3.05) is 36.6 Å². The fourth-order valence-electron chi connectivity index (χ4n) is 3.54. The lowest BCUT2D eigenvalue weighted by Gasteiger charge is -2.26. The van der Waals surface area contributed by atoms with E-state index in [1.807, 2.05) is 36.5 Å². The highest BCUT2D eigenvalue weighted by Crippen LogP contribution is 2.40. The molecule has 0 aliphatic carbocycles. The van der Waals surface area contributed by atoms with Gasteiger partial charge in [-0.2, -0.15) is 10.5 Å². The second-order valence-corrected chi connectivity index (χ2v) is 7.13. The Bertz CT molecular complexity index is 1100. The number of nitrogen functional groups attached to an aromatic ring is 2. The van der Waals surface area contributed by atoms with E-state index in [-0.39, 0.29) is 29.3 Å². The maximum Gasteiger partial charge on any atom is 0.211 e. The fourth-order valence-corrected chi connectivity index (χ4v) is 3.54. The molecule has 2 aliphatic heterocycles. The lowest BCUT2D eigenvalue weighted by atomic mass is 9.95. The average Bonchev–Trinajstić information content (AvgIpc) is 2.80. The molecule has 3 heterocycles. The van der Waals surface area contributed by atoms with E-state index < -0.39 is 6.04 Å². The molecule has 2 aromatic rings. The Balaban J connectivity index is 1.55. The molecule has 0 saturated carbocycles. The van der Waals surface area contributed by atoms with Crippen LogP contribution in [0.15, 0.2) is 29.3 Å². The fraction of sp³-hybridized carbons (Fsp3) is 0.333. The minimum atomic E-state index is -0.597. The highest BCUT2D eigenvalue weighted by molar-refractivity contribution is 5.98. The van der Waals surface area contributed by atoms with Gasteiger partial charge in [-0.05, 0) is 24.1 Å². The van der Waals surface area contributed by atoms with Gasteiger partial charge in [0.15, 0.2) is 12.5 Å². The smallest absolute Gasteiger partial charge is 0.211 e. The Kier molecular flexibility index (Phi) is 6.22. The molecular formula is C21H22N8O3. The number of aromatic nitrogens is 1. The van der Waals surface area contributed by atoms with Gasteiger partial charge in [0.25, 0.3) is 0 Å². The molecule has 11 nitrogen and oxygen atoms in total. The first-order valence-electron chi connectivity index (χ1n) is 10.1. The summed E-state index contributed by atoms with van der Waals surface area (Å²) < 4.78 is 16.8. The number of nitrogens with one attached hydrogen (secondary N) is 2. The number of fused-ring (bicyclic) bond motifs is 1. The molecule has 32 heavy (non-hydrogen) atoms. The number of benzene rings is 1. The van der Waals surface area contributed by atoms with Crippen molar-refractivity contribution >= 4 is 23.3 Å². The highest BCUT2D eigenvalue weighted by atomic mass is 16.7. The summed E-state index contributed by atoms with van der Waals surface area (Å²) >= 11 is 0. The molecule has 4 rings (SSSR count). The number of anilines is 3. The van der Waals surface area contributed by atoms with Crippen molar-refractivity contribution in [1.29, 1.82) is 10.5 Å². The number of nitriles is 2. The van der Waals surface area contributed by atoms with Crippen molar-refractivity contribution in [2.45, 2.75) is 25.2 Å². The highest BCUT2D eigenvalue weighted by Gasteiger charge is 2.29. The predicted molar refractivity (Wildman–Crippen MR) is 116 cm³/mol. The Morgan fingerprint density at radius 2 is 1.94 bits per heavy atom. The third-order valence-electron chi connectivity index (χ3n) is 5.07. The van der Waals surface area contributed by atoms with Crippen molar-refractivity contribution in [2.24, 2.45) is 4.99 Å². The van der Waals surface area contributed by atoms with Crippen LogP contribution in [0.5, 0.6) is 5.75 Å². The van der Waals surface area contributed by atoms with Crippen LogP contribution in [0.2, 0.25) is 0 Å². The van der Waals surface area contributed by atoms with Gasteiger partial charge in [-0.15, -0.1) is 0 Å². The monoisotopic (exact) mass is 434 g/mol. The van der Waals surface area contributed by atoms with E-state index in [0.29, 0.717) is 43.4 Å². The van der Waals surface area contributed by atoms with Crippen molar-refractivity contribution in [3.8, 4) is 18.0 Å². The van der Waals surface area contributed by atoms with Crippen molar-refractivity contribution < 1.29 is 14.2 Å². The topological polar surface area (TPSA) is 177 Å². The summed E-state index contributed by atoms with van der Waals surface area (Å²) in [5, 5.41) is 23.8. The molecule has 1 aromatic carbocycles. The zero-order chi connectivity index (χ0) is 22.5. The molecule has 1 atom stereocenters. The van der Waals surface area contributed by atoms with Gasteiger partial charge in [-0.3, -0.25) is 5.32 Å². The van der Waals surface area contributed by atoms with E-state index in [2.05, 4.69) is 20.6 Å². The summed E-state index contributed by atoms with van der Waals surface area (Å²) in [4.78, 5) is 8.77. The summed E-state index contributed by atoms with van der Waals surface area (Å²) in [6.07, 6.45) is 3.14. The minimum Gasteiger partial charge on any atom is -0.493 e. The molecule has 6 N–H and O–H groups in total. The van der Waals surface area contributed by atoms with Crippen LogP contribution in [0.4, 0.5) is 17.3 Å². The molecule has 0 amide bonds. The molecule has 11 heteroatoms. The molecule has 1 unspecified atom stereocenters. The molecular weight excluding hydrogens is 412 g/mol. The standard InChI is InChI=1S/C21H22N8O3/c22-10-14-17(24)16-18(27-21(26-11-23)29-20(16)28-19(14)25)12-2-4-13(5-3-12)30-9-6-15-31-7-1-8-32-15/h2-5,15,18H,1,6-9H2,(H6,24,25,26,27,28,29). The van der Waals surface area contributed by atoms with Crippen LogP contribution in [-0.4, -0.2) is 37.1 Å². The molecule has 1 fully saturated rings. The second-order valence-electron chi connectivity index (χ2n) is 7.13. The Labute approximate surface area is 184 Å². The number of hydrogen-bond acceptors (Lipinski definition) is 11. The van der Waals surface area contributed by atoms with Gasteiger partial charge in [0.05, 0.1) is 25.5 Å². The van der Waals surface area contributed by atoms with E-state index in [1.54, 1.807) is 0 Å². The molecule has 1 aromatic heterocycles. The van der Waals surface area contributed by atoms with Gasteiger partial charge in [-0.1, -0.05) is 12.1 Å². The summed E-state index contributed by atoms with van der Waals surface area (Å²) in [6.45, 7) is 1.87. The Morgan fingerprint density at radius 3 is 2.62 bits per heavy atom. The third-order valence-corrected chi connectivity index (χ3v) is 5.07. The van der Waals surface area contributed by atoms with Gasteiger partial charge in [0, 0.05) is 12.0 Å². The summed E-state index contributed by atoms with van der Waals surface area (Å²) in [5.41, 5.74) is 13.7. The summed E-state index contributed by atoms with van der Waals surface area (Å²) in [7, 11) is 0. The zero-order valence-electron chi connectivity index (χ0n) is 17.2. The summed E-state index contributed by atoms with van der Waals surface area (Å²) in [5.74, 6) is 1.22. The van der Waals surface area contributed by atoms with Gasteiger partial charge in [0.2, 0.25) is 5.96 Å². The second kappa shape index (κ2) is 9.39. The maximum atomic E-state index is 9.41. The normalized spacial score (nSPS) is 17.8. The Morgan fingerprint density at radius 1 is 1.19 bits per heavy atom. The number of guanidine groups is 1. The van der Waals surface area contributed by atoms with Gasteiger partial charge in [-0.25, -0.2) is 9.98 Å². The van der Waals surface area contributed by atoms with Crippen LogP contribution in [0.25, 0.3) is 0 Å². The van der Waals surface area contributed by atoms with Crippen LogP contribution in [-0.2, 0) is 9.47 Å². The molecule has 0 radical (unpaired) electrons. The van der Waals surface area contributed by atoms with E-state index in [9.17, 15) is 5.26 Å². The van der Waals surface area contributed by atoms with E-state index in [0.717, 1.165) is 12.0 Å². The molecule has 0 bridgehead atoms. The number of rotatable bonds is 5. The zero-order valence-corrected chi connectivity index (χ0v) is 17.2. The van der Waals surface area contributed by atoms with Crippen molar-refractivity contribution in [3.63, 3.8) is 0 Å². The van der Waals surface area contributed by atoms with Crippen molar-refractivity contribution in [1.82, 2.24) is 10.3 Å². The van der Waals surface area contributed by atoms with E-state index in [1.165, 1.54) is 0 Å². The lowest BCUT2D eigenvalue weighted by molar-refractivity contribution is -0.183. The van der Waals surface area contributed by atoms with Crippen LogP contribution in [0.1, 0.15) is 35.6 Å². The molecule has 164 valence electrons. The molecule has 1 saturated heterocycles. The van der Waals surface area contributed by atoms with Gasteiger partial charge < -0.3 is 31.0 Å². The van der Waals surface area contributed by atoms with Crippen molar-refractivity contribution in [3.05, 3.63) is 41.0 Å².